The van der Waals surface area contributed by atoms with Crippen molar-refractivity contribution in [2.24, 2.45) is 0 Å². The summed E-state index contributed by atoms with van der Waals surface area (Å²) >= 11 is 7.28. The number of fused-ring (bicyclic) bond motifs is 1. The highest BCUT2D eigenvalue weighted by Gasteiger charge is 2.12. The highest BCUT2D eigenvalue weighted by atomic mass is 35.5. The number of rotatable bonds is 4. The van der Waals surface area contributed by atoms with Gasteiger partial charge in [0.15, 0.2) is 0 Å². The number of nitrogens with one attached hydrogen (secondary N) is 1. The number of carbonyl (C=O) groups excluding carboxylic acids is 1. The van der Waals surface area contributed by atoms with Gasteiger partial charge < -0.3 is 5.32 Å². The second-order valence-corrected chi connectivity index (χ2v) is 6.51. The molecule has 1 amide bonds. The first kappa shape index (κ1) is 15.7. The molecule has 0 aliphatic carbocycles. The number of benzene rings is 1. The molecule has 0 spiro atoms. The molecule has 1 N–H and O–H groups in total. The lowest BCUT2D eigenvalue weighted by Gasteiger charge is -2.15. The second kappa shape index (κ2) is 6.52. The minimum Gasteiger partial charge on any atom is -0.348 e. The molecule has 23 heavy (non-hydrogen) atoms. The van der Waals surface area contributed by atoms with Gasteiger partial charge in [0.25, 0.3) is 5.56 Å². The number of nitrogens with zero attached hydrogens (tertiary/aromatic N) is 2. The Morgan fingerprint density at radius 1 is 1.43 bits per heavy atom. The van der Waals surface area contributed by atoms with Crippen LogP contribution in [0.5, 0.6) is 0 Å². The number of hydrogen-bond donors (Lipinski definition) is 1. The van der Waals surface area contributed by atoms with Gasteiger partial charge in [-0.15, -0.1) is 11.3 Å². The molecular weight excluding hydrogens is 334 g/mol. The molecule has 0 aliphatic heterocycles. The molecule has 1 aromatic carbocycles. The van der Waals surface area contributed by atoms with E-state index >= 15 is 0 Å². The van der Waals surface area contributed by atoms with E-state index in [-0.39, 0.29) is 24.1 Å². The van der Waals surface area contributed by atoms with E-state index in [1.54, 1.807) is 18.2 Å². The van der Waals surface area contributed by atoms with Crippen LogP contribution in [0.4, 0.5) is 0 Å². The first-order valence-electron chi connectivity index (χ1n) is 7.02. The molecule has 7 heteroatoms. The highest BCUT2D eigenvalue weighted by molar-refractivity contribution is 7.17. The van der Waals surface area contributed by atoms with Crippen LogP contribution in [0.2, 0.25) is 5.02 Å². The summed E-state index contributed by atoms with van der Waals surface area (Å²) in [6.45, 7) is 1.80. The third-order valence-corrected chi connectivity index (χ3v) is 4.60. The lowest BCUT2D eigenvalue weighted by Crippen LogP contribution is -2.33. The summed E-state index contributed by atoms with van der Waals surface area (Å²) in [7, 11) is 0. The lowest BCUT2D eigenvalue weighted by molar-refractivity contribution is -0.122. The van der Waals surface area contributed by atoms with Crippen molar-refractivity contribution in [2.45, 2.75) is 19.5 Å². The summed E-state index contributed by atoms with van der Waals surface area (Å²) in [6.07, 6.45) is 1.40. The van der Waals surface area contributed by atoms with E-state index in [1.165, 1.54) is 22.2 Å². The van der Waals surface area contributed by atoms with Crippen molar-refractivity contribution < 1.29 is 4.79 Å². The van der Waals surface area contributed by atoms with Crippen molar-refractivity contribution in [3.8, 4) is 0 Å². The van der Waals surface area contributed by atoms with E-state index in [4.69, 9.17) is 11.6 Å². The van der Waals surface area contributed by atoms with Crippen molar-refractivity contribution in [1.29, 1.82) is 0 Å². The van der Waals surface area contributed by atoms with E-state index in [9.17, 15) is 9.59 Å². The number of carbonyl (C=O) groups is 1. The molecule has 1 unspecified atom stereocenters. The molecule has 0 fully saturated rings. The van der Waals surface area contributed by atoms with Crippen molar-refractivity contribution in [2.75, 3.05) is 0 Å². The molecule has 0 bridgehead atoms. The largest absolute Gasteiger partial charge is 0.348 e. The zero-order valence-electron chi connectivity index (χ0n) is 12.3. The summed E-state index contributed by atoms with van der Waals surface area (Å²) in [4.78, 5) is 28.6. The average molecular weight is 348 g/mol. The molecule has 0 saturated heterocycles. The third kappa shape index (κ3) is 3.43. The van der Waals surface area contributed by atoms with Gasteiger partial charge in [-0.2, -0.15) is 0 Å². The van der Waals surface area contributed by atoms with Crippen LogP contribution in [-0.4, -0.2) is 15.5 Å². The van der Waals surface area contributed by atoms with Crippen LogP contribution in [-0.2, 0) is 11.3 Å². The normalized spacial score (nSPS) is 12.3. The van der Waals surface area contributed by atoms with E-state index in [0.717, 1.165) is 5.56 Å². The maximum Gasteiger partial charge on any atom is 0.271 e. The monoisotopic (exact) mass is 347 g/mol. The number of thiophene rings is 1. The predicted octanol–water partition coefficient (Wildman–Crippen LogP) is 2.99. The van der Waals surface area contributed by atoms with Gasteiger partial charge in [-0.1, -0.05) is 23.7 Å². The Kier molecular flexibility index (Phi) is 4.45. The average Bonchev–Trinajstić information content (AvgIpc) is 2.99. The molecule has 1 atom stereocenters. The molecule has 2 heterocycles. The van der Waals surface area contributed by atoms with Crippen LogP contribution in [0, 0.1) is 0 Å². The topological polar surface area (TPSA) is 64.0 Å². The predicted molar refractivity (Wildman–Crippen MR) is 91.9 cm³/mol. The number of halogens is 1. The Labute approximate surface area is 141 Å². The standard InChI is InChI=1S/C16H14ClN3O2S/c1-10(11-3-2-4-12(17)7-11)19-14(21)8-20-9-18-13-5-6-23-15(13)16(20)22/h2-7,9-10H,8H2,1H3,(H,19,21). The molecule has 2 aromatic heterocycles. The zero-order chi connectivity index (χ0) is 16.4. The summed E-state index contributed by atoms with van der Waals surface area (Å²) in [5.74, 6) is -0.253. The molecule has 3 aromatic rings. The van der Waals surface area contributed by atoms with Crippen molar-refractivity contribution >= 4 is 39.1 Å². The van der Waals surface area contributed by atoms with Gasteiger partial charge >= 0.3 is 0 Å². The van der Waals surface area contributed by atoms with Gasteiger partial charge in [-0.05, 0) is 36.1 Å². The number of amides is 1. The first-order chi connectivity index (χ1) is 11.0. The lowest BCUT2D eigenvalue weighted by atomic mass is 10.1. The van der Waals surface area contributed by atoms with Crippen molar-refractivity contribution in [1.82, 2.24) is 14.9 Å². The maximum atomic E-state index is 12.3. The Morgan fingerprint density at radius 3 is 3.04 bits per heavy atom. The van der Waals surface area contributed by atoms with Crippen LogP contribution in [0.15, 0.2) is 46.8 Å². The fourth-order valence-electron chi connectivity index (χ4n) is 2.29. The van der Waals surface area contributed by atoms with Gasteiger partial charge in [-0.3, -0.25) is 14.2 Å². The molecular formula is C16H14ClN3O2S. The number of hydrogen-bond acceptors (Lipinski definition) is 4. The van der Waals surface area contributed by atoms with Crippen molar-refractivity contribution in [3.05, 3.63) is 63.0 Å². The summed E-state index contributed by atoms with van der Waals surface area (Å²) in [6, 6.07) is 8.89. The van der Waals surface area contributed by atoms with E-state index in [1.807, 2.05) is 24.4 Å². The van der Waals surface area contributed by atoms with Gasteiger partial charge in [0.1, 0.15) is 11.2 Å². The third-order valence-electron chi connectivity index (χ3n) is 3.48. The minimum absolute atomic E-state index is 0.0649. The van der Waals surface area contributed by atoms with E-state index < -0.39 is 0 Å². The van der Waals surface area contributed by atoms with Crippen LogP contribution >= 0.6 is 22.9 Å². The Bertz CT molecular complexity index is 919. The smallest absolute Gasteiger partial charge is 0.271 e. The van der Waals surface area contributed by atoms with E-state index in [2.05, 4.69) is 10.3 Å². The molecule has 118 valence electrons. The Hall–Kier alpha value is -2.18. The Balaban J connectivity index is 1.73. The number of aromatic nitrogens is 2. The maximum absolute atomic E-state index is 12.3. The first-order valence-corrected chi connectivity index (χ1v) is 8.28. The summed E-state index contributed by atoms with van der Waals surface area (Å²) in [5, 5.41) is 5.29. The molecule has 0 saturated carbocycles. The summed E-state index contributed by atoms with van der Waals surface area (Å²) in [5.41, 5.74) is 1.37. The quantitative estimate of drug-likeness (QED) is 0.789. The highest BCUT2D eigenvalue weighted by Crippen LogP contribution is 2.17. The van der Waals surface area contributed by atoms with Crippen LogP contribution in [0.25, 0.3) is 10.2 Å². The van der Waals surface area contributed by atoms with Gasteiger partial charge in [0.2, 0.25) is 5.91 Å². The molecule has 5 nitrogen and oxygen atoms in total. The second-order valence-electron chi connectivity index (χ2n) is 5.16. The van der Waals surface area contributed by atoms with Crippen molar-refractivity contribution in [3.63, 3.8) is 0 Å². The van der Waals surface area contributed by atoms with Crippen LogP contribution in [0.1, 0.15) is 18.5 Å². The van der Waals surface area contributed by atoms with Gasteiger partial charge in [-0.25, -0.2) is 4.98 Å². The van der Waals surface area contributed by atoms with E-state index in [0.29, 0.717) is 15.2 Å². The van der Waals surface area contributed by atoms with Crippen LogP contribution in [0.3, 0.4) is 0 Å². The fraction of sp³-hybridized carbons (Fsp3) is 0.188. The Morgan fingerprint density at radius 2 is 2.26 bits per heavy atom. The van der Waals surface area contributed by atoms with Crippen LogP contribution < -0.4 is 10.9 Å². The molecule has 3 rings (SSSR count). The minimum atomic E-state index is -0.253. The molecule has 0 aliphatic rings. The zero-order valence-corrected chi connectivity index (χ0v) is 13.9. The fourth-order valence-corrected chi connectivity index (χ4v) is 3.28. The van der Waals surface area contributed by atoms with Gasteiger partial charge in [0.05, 0.1) is 17.9 Å². The van der Waals surface area contributed by atoms with Gasteiger partial charge in [0, 0.05) is 5.02 Å². The SMILES string of the molecule is CC(NC(=O)Cn1cnc2ccsc2c1=O)c1cccc(Cl)c1. The summed E-state index contributed by atoms with van der Waals surface area (Å²) < 4.78 is 1.88. The molecule has 0 radical (unpaired) electrons.